The zero-order valence-corrected chi connectivity index (χ0v) is 11.4. The van der Waals surface area contributed by atoms with Crippen LogP contribution < -0.4 is 5.32 Å². The van der Waals surface area contributed by atoms with Gasteiger partial charge in [0.05, 0.1) is 18.8 Å². The lowest BCUT2D eigenvalue weighted by Crippen LogP contribution is -2.53. The van der Waals surface area contributed by atoms with Crippen molar-refractivity contribution in [1.29, 1.82) is 0 Å². The first-order chi connectivity index (χ1) is 8.97. The third-order valence-corrected chi connectivity index (χ3v) is 3.53. The van der Waals surface area contributed by atoms with E-state index >= 15 is 0 Å². The highest BCUT2D eigenvalue weighted by atomic mass is 19.1. The Hall–Kier alpha value is -1.17. The van der Waals surface area contributed by atoms with Crippen LogP contribution in [0.25, 0.3) is 0 Å². The van der Waals surface area contributed by atoms with Crippen molar-refractivity contribution in [1.82, 2.24) is 10.2 Å². The van der Waals surface area contributed by atoms with E-state index in [4.69, 9.17) is 4.74 Å². The Morgan fingerprint density at radius 1 is 1.47 bits per heavy atom. The molecule has 3 atom stereocenters. The Labute approximate surface area is 112 Å². The summed E-state index contributed by atoms with van der Waals surface area (Å²) in [7, 11) is 0. The van der Waals surface area contributed by atoms with Gasteiger partial charge in [-0.3, -0.25) is 9.59 Å². The molecule has 2 fully saturated rings. The minimum absolute atomic E-state index is 0.0142. The number of likely N-dealkylation sites (tertiary alicyclic amines) is 1. The topological polar surface area (TPSA) is 58.6 Å². The molecule has 2 heterocycles. The van der Waals surface area contributed by atoms with Gasteiger partial charge in [-0.1, -0.05) is 0 Å². The van der Waals surface area contributed by atoms with Crippen molar-refractivity contribution >= 4 is 11.8 Å². The summed E-state index contributed by atoms with van der Waals surface area (Å²) < 4.78 is 19.5. The molecule has 6 heteroatoms. The van der Waals surface area contributed by atoms with Gasteiger partial charge in [-0.2, -0.15) is 0 Å². The second-order valence-electron chi connectivity index (χ2n) is 5.47. The highest BCUT2D eigenvalue weighted by Gasteiger charge is 2.37. The number of carbonyl (C=O) groups excluding carboxylic acids is 2. The smallest absolute Gasteiger partial charge is 0.245 e. The molecule has 0 aromatic carbocycles. The summed E-state index contributed by atoms with van der Waals surface area (Å²) >= 11 is 0. The first kappa shape index (κ1) is 14.2. The van der Waals surface area contributed by atoms with Crippen molar-refractivity contribution in [2.24, 2.45) is 0 Å². The van der Waals surface area contributed by atoms with Crippen LogP contribution in [-0.2, 0) is 14.3 Å². The summed E-state index contributed by atoms with van der Waals surface area (Å²) in [5.41, 5.74) is 0. The summed E-state index contributed by atoms with van der Waals surface area (Å²) in [6.07, 6.45) is -0.204. The molecule has 0 aliphatic carbocycles. The number of carbonyl (C=O) groups is 2. The number of nitrogens with zero attached hydrogens (tertiary/aromatic N) is 1. The molecule has 5 nitrogen and oxygen atoms in total. The van der Waals surface area contributed by atoms with E-state index in [1.165, 1.54) is 4.90 Å². The van der Waals surface area contributed by atoms with Gasteiger partial charge in [-0.25, -0.2) is 4.39 Å². The van der Waals surface area contributed by atoms with Gasteiger partial charge in [0.25, 0.3) is 0 Å². The standard InChI is InChI=1S/C13H21FN2O3/c1-8(2)19-11-5-6-16(7-9(11)14)13(18)10-3-4-12(17)15-10/h8-11H,3-7H2,1-2H3,(H,15,17)/t9-,10-,11?/m1/s1. The molecule has 19 heavy (non-hydrogen) atoms. The fourth-order valence-electron chi connectivity index (χ4n) is 2.61. The van der Waals surface area contributed by atoms with Crippen molar-refractivity contribution in [3.05, 3.63) is 0 Å². The Balaban J connectivity index is 1.87. The molecule has 0 radical (unpaired) electrons. The zero-order valence-electron chi connectivity index (χ0n) is 11.4. The number of amides is 2. The molecule has 1 unspecified atom stereocenters. The van der Waals surface area contributed by atoms with E-state index in [2.05, 4.69) is 5.32 Å². The number of ether oxygens (including phenoxy) is 1. The van der Waals surface area contributed by atoms with Crippen LogP contribution in [0.4, 0.5) is 4.39 Å². The highest BCUT2D eigenvalue weighted by molar-refractivity contribution is 5.90. The van der Waals surface area contributed by atoms with Gasteiger partial charge < -0.3 is 15.0 Å². The van der Waals surface area contributed by atoms with Gasteiger partial charge in [-0.05, 0) is 26.7 Å². The van der Waals surface area contributed by atoms with Crippen LogP contribution in [-0.4, -0.2) is 54.2 Å². The van der Waals surface area contributed by atoms with Crippen LogP contribution in [0.3, 0.4) is 0 Å². The molecule has 0 aromatic rings. The average Bonchev–Trinajstić information content (AvgIpc) is 2.77. The average molecular weight is 272 g/mol. The second-order valence-corrected chi connectivity index (χ2v) is 5.47. The van der Waals surface area contributed by atoms with Gasteiger partial charge in [0.15, 0.2) is 0 Å². The lowest BCUT2D eigenvalue weighted by molar-refractivity contribution is -0.141. The van der Waals surface area contributed by atoms with Gasteiger partial charge in [-0.15, -0.1) is 0 Å². The van der Waals surface area contributed by atoms with Crippen LogP contribution in [0.15, 0.2) is 0 Å². The van der Waals surface area contributed by atoms with Crippen LogP contribution in [0, 0.1) is 0 Å². The second kappa shape index (κ2) is 5.86. The summed E-state index contributed by atoms with van der Waals surface area (Å²) in [6, 6.07) is -0.470. The molecule has 2 aliphatic heterocycles. The van der Waals surface area contributed by atoms with E-state index in [0.29, 0.717) is 25.8 Å². The number of nitrogens with one attached hydrogen (secondary N) is 1. The SMILES string of the molecule is CC(C)OC1CCN(C(=O)[C@H]2CCC(=O)N2)C[C@H]1F. The first-order valence-electron chi connectivity index (χ1n) is 6.85. The van der Waals surface area contributed by atoms with Gasteiger partial charge >= 0.3 is 0 Å². The van der Waals surface area contributed by atoms with E-state index in [9.17, 15) is 14.0 Å². The molecule has 0 bridgehead atoms. The fourth-order valence-corrected chi connectivity index (χ4v) is 2.61. The van der Waals surface area contributed by atoms with Crippen molar-refractivity contribution in [2.75, 3.05) is 13.1 Å². The van der Waals surface area contributed by atoms with Gasteiger partial charge in [0.1, 0.15) is 12.2 Å². The molecule has 0 spiro atoms. The third-order valence-electron chi connectivity index (χ3n) is 3.53. The maximum absolute atomic E-state index is 14.0. The van der Waals surface area contributed by atoms with Gasteiger partial charge in [0, 0.05) is 13.0 Å². The number of hydrogen-bond donors (Lipinski definition) is 1. The number of piperidine rings is 1. The Morgan fingerprint density at radius 3 is 2.74 bits per heavy atom. The predicted molar refractivity (Wildman–Crippen MR) is 67.3 cm³/mol. The van der Waals surface area contributed by atoms with E-state index in [-0.39, 0.29) is 24.5 Å². The zero-order chi connectivity index (χ0) is 14.0. The Bertz CT molecular complexity index is 362. The quantitative estimate of drug-likeness (QED) is 0.820. The molecule has 2 amide bonds. The van der Waals surface area contributed by atoms with Crippen LogP contribution in [0.1, 0.15) is 33.1 Å². The maximum Gasteiger partial charge on any atom is 0.245 e. The third kappa shape index (κ3) is 3.43. The molecular weight excluding hydrogens is 251 g/mol. The Kier molecular flexibility index (Phi) is 4.39. The minimum Gasteiger partial charge on any atom is -0.372 e. The summed E-state index contributed by atoms with van der Waals surface area (Å²) in [5.74, 6) is -0.273. The van der Waals surface area contributed by atoms with E-state index in [1.54, 1.807) is 0 Å². The van der Waals surface area contributed by atoms with Crippen LogP contribution >= 0.6 is 0 Å². The summed E-state index contributed by atoms with van der Waals surface area (Å²) in [4.78, 5) is 24.7. The fraction of sp³-hybridized carbons (Fsp3) is 0.846. The van der Waals surface area contributed by atoms with E-state index in [0.717, 1.165) is 0 Å². The molecule has 2 rings (SSSR count). The minimum atomic E-state index is -1.16. The molecule has 108 valence electrons. The van der Waals surface area contributed by atoms with Crippen molar-refractivity contribution in [3.63, 3.8) is 0 Å². The highest BCUT2D eigenvalue weighted by Crippen LogP contribution is 2.20. The van der Waals surface area contributed by atoms with Crippen molar-refractivity contribution in [3.8, 4) is 0 Å². The van der Waals surface area contributed by atoms with Crippen LogP contribution in [0.2, 0.25) is 0 Å². The van der Waals surface area contributed by atoms with Crippen molar-refractivity contribution in [2.45, 2.75) is 57.5 Å². The van der Waals surface area contributed by atoms with Crippen molar-refractivity contribution < 1.29 is 18.7 Å². The molecule has 0 saturated carbocycles. The molecule has 2 saturated heterocycles. The predicted octanol–water partition coefficient (Wildman–Crippen LogP) is 0.629. The maximum atomic E-state index is 14.0. The number of rotatable bonds is 3. The molecule has 2 aliphatic rings. The number of hydrogen-bond acceptors (Lipinski definition) is 3. The first-order valence-corrected chi connectivity index (χ1v) is 6.85. The molecular formula is C13H21FN2O3. The molecule has 0 aromatic heterocycles. The largest absolute Gasteiger partial charge is 0.372 e. The lowest BCUT2D eigenvalue weighted by atomic mass is 10.0. The number of halogens is 1. The van der Waals surface area contributed by atoms with Crippen LogP contribution in [0.5, 0.6) is 0 Å². The molecule has 1 N–H and O–H groups in total. The Morgan fingerprint density at radius 2 is 2.21 bits per heavy atom. The van der Waals surface area contributed by atoms with E-state index < -0.39 is 18.3 Å². The number of alkyl halides is 1. The lowest BCUT2D eigenvalue weighted by Gasteiger charge is -2.36. The van der Waals surface area contributed by atoms with Gasteiger partial charge in [0.2, 0.25) is 11.8 Å². The normalized spacial score (nSPS) is 31.7. The summed E-state index contributed by atoms with van der Waals surface area (Å²) in [5, 5.41) is 2.63. The monoisotopic (exact) mass is 272 g/mol. The summed E-state index contributed by atoms with van der Waals surface area (Å²) in [6.45, 7) is 4.29. The van der Waals surface area contributed by atoms with E-state index in [1.807, 2.05) is 13.8 Å².